The number of piperidine rings is 1. The molecular weight excluding hydrogens is 363 g/mol. The summed E-state index contributed by atoms with van der Waals surface area (Å²) in [5, 5.41) is 3.21. The molecule has 2 rings (SSSR count). The van der Waals surface area contributed by atoms with E-state index < -0.39 is 0 Å². The fraction of sp³-hybridized carbons (Fsp3) is 0.562. The topological polar surface area (TPSA) is 32.3 Å². The highest BCUT2D eigenvalue weighted by molar-refractivity contribution is 14.1. The van der Waals surface area contributed by atoms with Crippen molar-refractivity contribution in [2.75, 3.05) is 26.7 Å². The molecule has 0 radical (unpaired) electrons. The van der Waals surface area contributed by atoms with E-state index in [4.69, 9.17) is 0 Å². The van der Waals surface area contributed by atoms with Crippen molar-refractivity contribution in [3.05, 3.63) is 33.4 Å². The van der Waals surface area contributed by atoms with E-state index in [2.05, 4.69) is 40.0 Å². The smallest absolute Gasteiger partial charge is 0.226 e. The van der Waals surface area contributed by atoms with E-state index in [1.165, 1.54) is 9.99 Å². The van der Waals surface area contributed by atoms with Crippen molar-refractivity contribution < 1.29 is 4.79 Å². The summed E-state index contributed by atoms with van der Waals surface area (Å²) >= 11 is 2.29. The maximum atomic E-state index is 12.3. The Morgan fingerprint density at radius 2 is 2.15 bits per heavy atom. The van der Waals surface area contributed by atoms with Gasteiger partial charge in [0.05, 0.1) is 6.42 Å². The molecule has 0 aromatic heterocycles. The lowest BCUT2D eigenvalue weighted by atomic mass is 9.93. The molecule has 3 nitrogen and oxygen atoms in total. The van der Waals surface area contributed by atoms with Crippen molar-refractivity contribution in [1.29, 1.82) is 0 Å². The molecular formula is C16H23IN2O. The molecule has 0 aliphatic carbocycles. The zero-order valence-corrected chi connectivity index (χ0v) is 14.2. The molecule has 1 saturated heterocycles. The molecule has 1 aliphatic rings. The van der Waals surface area contributed by atoms with Crippen LogP contribution in [0.15, 0.2) is 24.3 Å². The van der Waals surface area contributed by atoms with Gasteiger partial charge in [0.25, 0.3) is 0 Å². The number of benzene rings is 1. The molecule has 0 unspecified atom stereocenters. The summed E-state index contributed by atoms with van der Waals surface area (Å²) in [7, 11) is 2.00. The summed E-state index contributed by atoms with van der Waals surface area (Å²) in [5.41, 5.74) is 1.12. The number of nitrogens with one attached hydrogen (secondary N) is 1. The quantitative estimate of drug-likeness (QED) is 0.790. The average molecular weight is 386 g/mol. The first kappa shape index (κ1) is 15.8. The molecule has 4 heteroatoms. The Kier molecular flexibility index (Phi) is 6.29. The third-order valence-corrected chi connectivity index (χ3v) is 4.69. The monoisotopic (exact) mass is 386 g/mol. The van der Waals surface area contributed by atoms with Crippen molar-refractivity contribution in [2.45, 2.75) is 25.7 Å². The summed E-state index contributed by atoms with van der Waals surface area (Å²) in [6, 6.07) is 8.22. The van der Waals surface area contributed by atoms with Gasteiger partial charge < -0.3 is 10.2 Å². The summed E-state index contributed by atoms with van der Waals surface area (Å²) in [6.07, 6.45) is 4.08. The average Bonchev–Trinajstić information content (AvgIpc) is 2.45. The Morgan fingerprint density at radius 1 is 1.40 bits per heavy atom. The van der Waals surface area contributed by atoms with Gasteiger partial charge >= 0.3 is 0 Å². The number of carbonyl (C=O) groups is 1. The number of halogens is 1. The summed E-state index contributed by atoms with van der Waals surface area (Å²) in [4.78, 5) is 14.3. The SMILES string of the molecule is CNCCC1CCN(C(=O)Cc2cccc(I)c2)CC1. The maximum Gasteiger partial charge on any atom is 0.226 e. The molecule has 20 heavy (non-hydrogen) atoms. The van der Waals surface area contributed by atoms with Gasteiger partial charge in [-0.1, -0.05) is 12.1 Å². The van der Waals surface area contributed by atoms with Crippen LogP contribution in [-0.4, -0.2) is 37.5 Å². The predicted molar refractivity (Wildman–Crippen MR) is 90.7 cm³/mol. The second kappa shape index (κ2) is 7.98. The lowest BCUT2D eigenvalue weighted by Crippen LogP contribution is -2.39. The second-order valence-electron chi connectivity index (χ2n) is 5.52. The van der Waals surface area contributed by atoms with E-state index in [9.17, 15) is 4.79 Å². The molecule has 0 spiro atoms. The Bertz CT molecular complexity index is 442. The number of hydrogen-bond acceptors (Lipinski definition) is 2. The van der Waals surface area contributed by atoms with E-state index in [0.717, 1.165) is 44.0 Å². The Balaban J connectivity index is 1.80. The van der Waals surface area contributed by atoms with Crippen molar-refractivity contribution in [3.8, 4) is 0 Å². The highest BCUT2D eigenvalue weighted by atomic mass is 127. The lowest BCUT2D eigenvalue weighted by molar-refractivity contribution is -0.131. The van der Waals surface area contributed by atoms with Gasteiger partial charge in [-0.2, -0.15) is 0 Å². The molecule has 1 aromatic rings. The van der Waals surface area contributed by atoms with Crippen molar-refractivity contribution in [1.82, 2.24) is 10.2 Å². The summed E-state index contributed by atoms with van der Waals surface area (Å²) in [5.74, 6) is 1.06. The fourth-order valence-corrected chi connectivity index (χ4v) is 3.36. The van der Waals surface area contributed by atoms with Crippen LogP contribution in [0.2, 0.25) is 0 Å². The van der Waals surface area contributed by atoms with Crippen LogP contribution < -0.4 is 5.32 Å². The minimum absolute atomic E-state index is 0.277. The van der Waals surface area contributed by atoms with Crippen LogP contribution in [0.1, 0.15) is 24.8 Å². The number of nitrogens with zero attached hydrogens (tertiary/aromatic N) is 1. The Hall–Kier alpha value is -0.620. The van der Waals surface area contributed by atoms with Gasteiger partial charge in [-0.05, 0) is 79.1 Å². The molecule has 1 N–H and O–H groups in total. The van der Waals surface area contributed by atoms with Crippen molar-refractivity contribution >= 4 is 28.5 Å². The van der Waals surface area contributed by atoms with Crippen LogP contribution in [0.25, 0.3) is 0 Å². The first-order valence-corrected chi connectivity index (χ1v) is 8.43. The van der Waals surface area contributed by atoms with E-state index >= 15 is 0 Å². The molecule has 1 fully saturated rings. The molecule has 1 amide bonds. The third kappa shape index (κ3) is 4.74. The van der Waals surface area contributed by atoms with Gasteiger partial charge in [-0.15, -0.1) is 0 Å². The number of carbonyl (C=O) groups excluding carboxylic acids is 1. The zero-order chi connectivity index (χ0) is 14.4. The molecule has 0 atom stereocenters. The fourth-order valence-electron chi connectivity index (χ4n) is 2.75. The molecule has 1 aliphatic heterocycles. The van der Waals surface area contributed by atoms with E-state index in [-0.39, 0.29) is 5.91 Å². The molecule has 0 bridgehead atoms. The largest absolute Gasteiger partial charge is 0.342 e. The van der Waals surface area contributed by atoms with Crippen molar-refractivity contribution in [3.63, 3.8) is 0 Å². The first-order chi connectivity index (χ1) is 9.69. The number of amides is 1. The van der Waals surface area contributed by atoms with E-state index in [1.54, 1.807) is 0 Å². The highest BCUT2D eigenvalue weighted by Crippen LogP contribution is 2.20. The van der Waals surface area contributed by atoms with Crippen LogP contribution in [-0.2, 0) is 11.2 Å². The standard InChI is InChI=1S/C16H23IN2O/c1-18-8-5-13-6-9-19(10-7-13)16(20)12-14-3-2-4-15(17)11-14/h2-4,11,13,18H,5-10,12H2,1H3. The Morgan fingerprint density at radius 3 is 2.80 bits per heavy atom. The van der Waals surface area contributed by atoms with Crippen LogP contribution in [0.5, 0.6) is 0 Å². The van der Waals surface area contributed by atoms with E-state index in [1.807, 2.05) is 24.1 Å². The molecule has 1 aromatic carbocycles. The van der Waals surface area contributed by atoms with Crippen LogP contribution in [0, 0.1) is 9.49 Å². The molecule has 110 valence electrons. The van der Waals surface area contributed by atoms with Crippen LogP contribution in [0.3, 0.4) is 0 Å². The summed E-state index contributed by atoms with van der Waals surface area (Å²) in [6.45, 7) is 2.94. The van der Waals surface area contributed by atoms with Gasteiger partial charge in [0.1, 0.15) is 0 Å². The van der Waals surface area contributed by atoms with Crippen molar-refractivity contribution in [2.24, 2.45) is 5.92 Å². The van der Waals surface area contributed by atoms with Crippen LogP contribution >= 0.6 is 22.6 Å². The molecule has 1 heterocycles. The van der Waals surface area contributed by atoms with E-state index in [0.29, 0.717) is 6.42 Å². The Labute approximate surface area is 135 Å². The van der Waals surface area contributed by atoms with Gasteiger partial charge in [-0.3, -0.25) is 4.79 Å². The number of hydrogen-bond donors (Lipinski definition) is 1. The summed E-state index contributed by atoms with van der Waals surface area (Å²) < 4.78 is 1.19. The lowest BCUT2D eigenvalue weighted by Gasteiger charge is -2.32. The van der Waals surface area contributed by atoms with Gasteiger partial charge in [0, 0.05) is 16.7 Å². The minimum atomic E-state index is 0.277. The number of likely N-dealkylation sites (tertiary alicyclic amines) is 1. The highest BCUT2D eigenvalue weighted by Gasteiger charge is 2.22. The normalized spacial score (nSPS) is 16.4. The van der Waals surface area contributed by atoms with Gasteiger partial charge in [-0.25, -0.2) is 0 Å². The number of rotatable bonds is 5. The zero-order valence-electron chi connectivity index (χ0n) is 12.1. The third-order valence-electron chi connectivity index (χ3n) is 4.01. The predicted octanol–water partition coefficient (Wildman–Crippen LogP) is 2.68. The van der Waals surface area contributed by atoms with Crippen LogP contribution in [0.4, 0.5) is 0 Å². The maximum absolute atomic E-state index is 12.3. The van der Waals surface area contributed by atoms with Gasteiger partial charge in [0.15, 0.2) is 0 Å². The second-order valence-corrected chi connectivity index (χ2v) is 6.77. The molecule has 0 saturated carbocycles. The first-order valence-electron chi connectivity index (χ1n) is 7.36. The minimum Gasteiger partial charge on any atom is -0.342 e. The van der Waals surface area contributed by atoms with Gasteiger partial charge in [0.2, 0.25) is 5.91 Å².